The van der Waals surface area contributed by atoms with Crippen LogP contribution >= 0.6 is 0 Å². The minimum absolute atomic E-state index is 0.0673. The summed E-state index contributed by atoms with van der Waals surface area (Å²) in [7, 11) is 1.48. The molecule has 4 rings (SSSR count). The van der Waals surface area contributed by atoms with Gasteiger partial charge in [-0.15, -0.1) is 0 Å². The molecule has 0 radical (unpaired) electrons. The first-order valence-corrected chi connectivity index (χ1v) is 11.5. The van der Waals surface area contributed by atoms with Gasteiger partial charge in [-0.25, -0.2) is 9.59 Å². The van der Waals surface area contributed by atoms with E-state index >= 15 is 0 Å². The van der Waals surface area contributed by atoms with E-state index in [1.54, 1.807) is 39.0 Å². The molecule has 36 heavy (non-hydrogen) atoms. The molecule has 0 spiro atoms. The van der Waals surface area contributed by atoms with E-state index in [2.05, 4.69) is 5.32 Å². The minimum Gasteiger partial charge on any atom is -0.444 e. The molecule has 12 heteroatoms. The summed E-state index contributed by atoms with van der Waals surface area (Å²) in [5.74, 6) is -1.03. The Morgan fingerprint density at radius 1 is 1.14 bits per heavy atom. The third-order valence-corrected chi connectivity index (χ3v) is 6.30. The largest absolute Gasteiger partial charge is 0.444 e. The van der Waals surface area contributed by atoms with Crippen molar-refractivity contribution < 1.29 is 32.3 Å². The molecule has 3 heterocycles. The summed E-state index contributed by atoms with van der Waals surface area (Å²) in [5, 5.41) is 2.23. The monoisotopic (exact) mass is 508 g/mol. The van der Waals surface area contributed by atoms with Crippen molar-refractivity contribution in [1.29, 1.82) is 0 Å². The highest BCUT2D eigenvalue weighted by atomic mass is 19.4. The molecule has 1 aromatic carbocycles. The first kappa shape index (κ1) is 25.5. The Balaban J connectivity index is 1.78. The number of hydrogen-bond donors (Lipinski definition) is 1. The van der Waals surface area contributed by atoms with Gasteiger partial charge in [-0.1, -0.05) is 18.2 Å². The van der Waals surface area contributed by atoms with Gasteiger partial charge in [-0.2, -0.15) is 13.2 Å². The van der Waals surface area contributed by atoms with Crippen LogP contribution < -0.4 is 11.0 Å². The summed E-state index contributed by atoms with van der Waals surface area (Å²) in [6.45, 7) is 4.40. The molecular weight excluding hydrogens is 481 g/mol. The van der Waals surface area contributed by atoms with E-state index in [9.17, 15) is 32.3 Å². The Hall–Kier alpha value is -3.57. The van der Waals surface area contributed by atoms with Crippen molar-refractivity contribution in [3.8, 4) is 0 Å². The number of carbonyl (C=O) groups excluding carboxylic acids is 3. The van der Waals surface area contributed by atoms with Crippen molar-refractivity contribution in [1.82, 2.24) is 19.4 Å². The first-order chi connectivity index (χ1) is 16.7. The molecule has 2 aliphatic heterocycles. The second kappa shape index (κ2) is 8.82. The van der Waals surface area contributed by atoms with Gasteiger partial charge in [0, 0.05) is 32.0 Å². The second-order valence-electron chi connectivity index (χ2n) is 9.98. The number of imidazole rings is 1. The lowest BCUT2D eigenvalue weighted by Gasteiger charge is -2.37. The summed E-state index contributed by atoms with van der Waals surface area (Å²) in [6, 6.07) is 1.79. The maximum Gasteiger partial charge on any atom is 0.411 e. The Labute approximate surface area is 204 Å². The average Bonchev–Trinajstić information content (AvgIpc) is 3.02. The van der Waals surface area contributed by atoms with Crippen molar-refractivity contribution in [2.24, 2.45) is 7.05 Å². The standard InChI is InChI=1S/C24H27F3N4O5/c1-23(2,3)36-22(35)30-11-10-13(12-17(30)24(25,26)27)14-6-5-7-15-19(14)29(4)21(34)31(15)16-8-9-18(32)28-20(16)33/h5-7,10,16-17H,8-9,11-12H2,1-4H3,(H,28,32,33). The highest BCUT2D eigenvalue weighted by molar-refractivity contribution is 6.00. The first-order valence-electron chi connectivity index (χ1n) is 11.5. The number of benzene rings is 1. The van der Waals surface area contributed by atoms with Crippen molar-refractivity contribution in [3.05, 3.63) is 40.3 Å². The molecule has 3 amide bonds. The second-order valence-corrected chi connectivity index (χ2v) is 9.98. The van der Waals surface area contributed by atoms with Crippen molar-refractivity contribution in [2.45, 2.75) is 63.9 Å². The molecule has 0 aliphatic carbocycles. The van der Waals surface area contributed by atoms with Crippen LogP contribution in [0.2, 0.25) is 0 Å². The number of aryl methyl sites for hydroxylation is 1. The SMILES string of the molecule is Cn1c(=O)n(C2CCC(=O)NC2=O)c2cccc(C3=CCN(C(=O)OC(C)(C)C)C(C(F)(F)F)C3)c21. The molecule has 1 aromatic heterocycles. The summed E-state index contributed by atoms with van der Waals surface area (Å²) in [5.41, 5.74) is -0.0280. The number of imide groups is 1. The summed E-state index contributed by atoms with van der Waals surface area (Å²) >= 11 is 0. The maximum atomic E-state index is 14.0. The number of carbonyl (C=O) groups is 3. The average molecular weight is 508 g/mol. The Kier molecular flexibility index (Phi) is 6.26. The number of nitrogens with zero attached hydrogens (tertiary/aromatic N) is 3. The van der Waals surface area contributed by atoms with Gasteiger partial charge in [0.2, 0.25) is 11.8 Å². The molecular formula is C24H27F3N4O5. The van der Waals surface area contributed by atoms with Gasteiger partial charge in [-0.3, -0.25) is 28.9 Å². The van der Waals surface area contributed by atoms with Gasteiger partial charge in [-0.05, 0) is 38.8 Å². The van der Waals surface area contributed by atoms with Crippen molar-refractivity contribution >= 4 is 34.5 Å². The van der Waals surface area contributed by atoms with E-state index in [0.29, 0.717) is 27.1 Å². The molecule has 1 N–H and O–H groups in total. The fourth-order valence-electron chi connectivity index (χ4n) is 4.70. The van der Waals surface area contributed by atoms with E-state index in [-0.39, 0.29) is 19.4 Å². The normalized spacial score (nSPS) is 21.4. The van der Waals surface area contributed by atoms with Crippen LogP contribution in [0.1, 0.15) is 51.6 Å². The van der Waals surface area contributed by atoms with E-state index in [1.807, 2.05) is 0 Å². The number of rotatable bonds is 2. The van der Waals surface area contributed by atoms with Gasteiger partial charge < -0.3 is 4.74 Å². The minimum atomic E-state index is -4.71. The van der Waals surface area contributed by atoms with Gasteiger partial charge in [0.1, 0.15) is 17.7 Å². The molecule has 2 aliphatic rings. The van der Waals surface area contributed by atoms with Crippen LogP contribution in [0.15, 0.2) is 29.1 Å². The highest BCUT2D eigenvalue weighted by Crippen LogP contribution is 2.38. The van der Waals surface area contributed by atoms with Gasteiger partial charge in [0.05, 0.1) is 11.0 Å². The molecule has 194 valence electrons. The molecule has 2 atom stereocenters. The van der Waals surface area contributed by atoms with Crippen LogP contribution in [0.3, 0.4) is 0 Å². The van der Waals surface area contributed by atoms with Crippen LogP contribution in [-0.2, 0) is 21.4 Å². The number of piperidine rings is 1. The quantitative estimate of drug-likeness (QED) is 0.628. The third kappa shape index (κ3) is 4.63. The number of ether oxygens (including phenoxy) is 1. The number of halogens is 3. The summed E-state index contributed by atoms with van der Waals surface area (Å²) < 4.78 is 49.9. The predicted octanol–water partition coefficient (Wildman–Crippen LogP) is 3.27. The zero-order valence-corrected chi connectivity index (χ0v) is 20.3. The number of nitrogens with one attached hydrogen (secondary N) is 1. The molecule has 0 saturated carbocycles. The van der Waals surface area contributed by atoms with Crippen LogP contribution in [0.25, 0.3) is 16.6 Å². The molecule has 1 fully saturated rings. The molecule has 0 bridgehead atoms. The lowest BCUT2D eigenvalue weighted by Crippen LogP contribution is -2.52. The van der Waals surface area contributed by atoms with E-state index in [4.69, 9.17) is 4.74 Å². The number of hydrogen-bond acceptors (Lipinski definition) is 5. The smallest absolute Gasteiger partial charge is 0.411 e. The maximum absolute atomic E-state index is 14.0. The Morgan fingerprint density at radius 2 is 1.83 bits per heavy atom. The fourth-order valence-corrected chi connectivity index (χ4v) is 4.70. The van der Waals surface area contributed by atoms with Crippen molar-refractivity contribution in [3.63, 3.8) is 0 Å². The number of alkyl halides is 3. The fraction of sp³-hybridized carbons (Fsp3) is 0.500. The van der Waals surface area contributed by atoms with Crippen LogP contribution in [-0.4, -0.2) is 56.3 Å². The lowest BCUT2D eigenvalue weighted by atomic mass is 9.93. The van der Waals surface area contributed by atoms with Gasteiger partial charge >= 0.3 is 18.0 Å². The summed E-state index contributed by atoms with van der Waals surface area (Å²) in [6.07, 6.45) is -4.58. The molecule has 9 nitrogen and oxygen atoms in total. The molecule has 1 saturated heterocycles. The van der Waals surface area contributed by atoms with E-state index in [1.165, 1.54) is 22.3 Å². The number of para-hydroxylation sites is 1. The van der Waals surface area contributed by atoms with Crippen molar-refractivity contribution in [2.75, 3.05) is 6.54 Å². The molecule has 2 unspecified atom stereocenters. The Morgan fingerprint density at radius 3 is 2.44 bits per heavy atom. The zero-order chi connectivity index (χ0) is 26.6. The Bertz CT molecular complexity index is 1330. The summed E-state index contributed by atoms with van der Waals surface area (Å²) in [4.78, 5) is 50.3. The van der Waals surface area contributed by atoms with Crippen LogP contribution in [0, 0.1) is 0 Å². The number of fused-ring (bicyclic) bond motifs is 1. The highest BCUT2D eigenvalue weighted by Gasteiger charge is 2.48. The lowest BCUT2D eigenvalue weighted by molar-refractivity contribution is -0.179. The van der Waals surface area contributed by atoms with Gasteiger partial charge in [0.15, 0.2) is 0 Å². The predicted molar refractivity (Wildman–Crippen MR) is 124 cm³/mol. The molecule has 2 aromatic rings. The number of aromatic nitrogens is 2. The third-order valence-electron chi connectivity index (χ3n) is 6.30. The van der Waals surface area contributed by atoms with Crippen LogP contribution in [0.5, 0.6) is 0 Å². The van der Waals surface area contributed by atoms with Crippen LogP contribution in [0.4, 0.5) is 18.0 Å². The number of amides is 3. The van der Waals surface area contributed by atoms with E-state index < -0.39 is 53.9 Å². The van der Waals surface area contributed by atoms with Gasteiger partial charge in [0.25, 0.3) is 0 Å². The topological polar surface area (TPSA) is 103 Å². The van der Waals surface area contributed by atoms with E-state index in [0.717, 1.165) is 0 Å². The zero-order valence-electron chi connectivity index (χ0n) is 20.3.